The van der Waals surface area contributed by atoms with Gasteiger partial charge in [-0.3, -0.25) is 30.3 Å². The molecule has 0 fully saturated rings. The number of rotatable bonds is 16. The Morgan fingerprint density at radius 1 is 0.607 bits per heavy atom. The van der Waals surface area contributed by atoms with Crippen LogP contribution in [-0.4, -0.2) is 26.8 Å². The van der Waals surface area contributed by atoms with Crippen LogP contribution in [0.2, 0.25) is 0 Å². The lowest BCUT2D eigenvalue weighted by molar-refractivity contribution is -0.968. The first-order valence-corrected chi connectivity index (χ1v) is 8.86. The van der Waals surface area contributed by atoms with E-state index in [1.165, 1.54) is 6.08 Å². The first kappa shape index (κ1) is 24.8. The summed E-state index contributed by atoms with van der Waals surface area (Å²) in [6.45, 7) is 0. The van der Waals surface area contributed by atoms with Gasteiger partial charge >= 0.3 is 5.79 Å². The van der Waals surface area contributed by atoms with Crippen molar-refractivity contribution in [3.63, 3.8) is 0 Å². The first-order valence-electron chi connectivity index (χ1n) is 8.86. The van der Waals surface area contributed by atoms with Crippen molar-refractivity contribution in [2.24, 2.45) is 0 Å². The molecule has 0 aromatic rings. The second-order valence-electron chi connectivity index (χ2n) is 5.79. The molecule has 0 rings (SSSR count). The molecule has 0 bridgehead atoms. The van der Waals surface area contributed by atoms with Crippen molar-refractivity contribution in [1.29, 1.82) is 0 Å². The van der Waals surface area contributed by atoms with E-state index in [0.29, 0.717) is 19.3 Å². The summed E-state index contributed by atoms with van der Waals surface area (Å²) in [5, 5.41) is 32.2. The molecule has 0 aliphatic carbocycles. The van der Waals surface area contributed by atoms with E-state index in [0.717, 1.165) is 38.0 Å². The van der Waals surface area contributed by atoms with Crippen molar-refractivity contribution >= 4 is 6.29 Å². The monoisotopic (exact) mass is 395 g/mol. The van der Waals surface area contributed by atoms with Gasteiger partial charge in [-0.25, -0.2) is 0 Å². The summed E-state index contributed by atoms with van der Waals surface area (Å²) in [4.78, 5) is 37.9. The van der Waals surface area contributed by atoms with Gasteiger partial charge in [-0.1, -0.05) is 48.6 Å². The van der Waals surface area contributed by atoms with Gasteiger partial charge in [-0.05, 0) is 38.5 Å². The van der Waals surface area contributed by atoms with Crippen molar-refractivity contribution in [2.75, 3.05) is 0 Å². The van der Waals surface area contributed by atoms with E-state index in [1.807, 2.05) is 18.2 Å². The Bertz CT molecular complexity index is 603. The molecule has 0 amide bonds. The van der Waals surface area contributed by atoms with E-state index in [4.69, 9.17) is 0 Å². The van der Waals surface area contributed by atoms with Crippen LogP contribution in [0.25, 0.3) is 0 Å². The number of aldehydes is 1. The minimum atomic E-state index is -3.44. The van der Waals surface area contributed by atoms with Gasteiger partial charge in [-0.15, -0.1) is 0 Å². The number of carbonyl (C=O) groups is 1. The number of hydrogen-bond acceptors (Lipinski definition) is 7. The third kappa shape index (κ3) is 9.51. The van der Waals surface area contributed by atoms with E-state index in [9.17, 15) is 35.1 Å². The molecule has 154 valence electrons. The topological polar surface area (TPSA) is 146 Å². The Hall–Kier alpha value is -3.17. The molecule has 28 heavy (non-hydrogen) atoms. The molecule has 0 aromatic carbocycles. The van der Waals surface area contributed by atoms with Gasteiger partial charge in [-0.2, -0.15) is 0 Å². The van der Waals surface area contributed by atoms with Gasteiger partial charge in [0.2, 0.25) is 0 Å². The largest absolute Gasteiger partial charge is 0.703 e. The Balaban J connectivity index is 4.10. The van der Waals surface area contributed by atoms with Crippen LogP contribution in [0, 0.1) is 30.3 Å². The predicted octanol–water partition coefficient (Wildman–Crippen LogP) is 4.01. The van der Waals surface area contributed by atoms with Crippen molar-refractivity contribution in [3.05, 3.63) is 79.0 Å². The SMILES string of the molecule is O=CCCCCC=CCC=CCC=CCC=CCC([N+](=O)[O-])([N+](=O)[O-])[N+](=O)[O-]. The summed E-state index contributed by atoms with van der Waals surface area (Å²) in [6.07, 6.45) is 19.5. The molecule has 0 N–H and O–H groups in total. The number of nitro groups is 3. The third-order valence-electron chi connectivity index (χ3n) is 3.69. The van der Waals surface area contributed by atoms with Gasteiger partial charge < -0.3 is 4.79 Å². The molecule has 0 aliphatic rings. The van der Waals surface area contributed by atoms with E-state index < -0.39 is 27.0 Å². The molecule has 0 aromatic heterocycles. The molecule has 0 unspecified atom stereocenters. The second-order valence-corrected chi connectivity index (χ2v) is 5.79. The summed E-state index contributed by atoms with van der Waals surface area (Å²) in [5.41, 5.74) is 0. The predicted molar refractivity (Wildman–Crippen MR) is 103 cm³/mol. The fraction of sp³-hybridized carbons (Fsp3) is 0.500. The van der Waals surface area contributed by atoms with Gasteiger partial charge in [0.05, 0.1) is 0 Å². The first-order chi connectivity index (χ1) is 13.4. The second kappa shape index (κ2) is 14.9. The highest BCUT2D eigenvalue weighted by Crippen LogP contribution is 2.18. The number of carbonyl (C=O) groups excluding carboxylic acids is 1. The van der Waals surface area contributed by atoms with Gasteiger partial charge in [0.25, 0.3) is 0 Å². The van der Waals surface area contributed by atoms with E-state index >= 15 is 0 Å². The maximum absolute atomic E-state index is 10.7. The highest BCUT2D eigenvalue weighted by Gasteiger charge is 2.69. The Kier molecular flexibility index (Phi) is 13.3. The van der Waals surface area contributed by atoms with Crippen LogP contribution in [0.1, 0.15) is 51.4 Å². The molecule has 10 heteroatoms. The maximum atomic E-state index is 10.7. The third-order valence-corrected chi connectivity index (χ3v) is 3.69. The van der Waals surface area contributed by atoms with Crippen molar-refractivity contribution in [1.82, 2.24) is 0 Å². The van der Waals surface area contributed by atoms with Crippen molar-refractivity contribution in [2.45, 2.75) is 57.2 Å². The normalized spacial score (nSPS) is 12.4. The summed E-state index contributed by atoms with van der Waals surface area (Å²) >= 11 is 0. The van der Waals surface area contributed by atoms with Crippen LogP contribution in [0.4, 0.5) is 0 Å². The zero-order valence-electron chi connectivity index (χ0n) is 15.6. The molecule has 0 heterocycles. The fourth-order valence-corrected chi connectivity index (χ4v) is 2.09. The molecule has 0 aliphatic heterocycles. The average molecular weight is 395 g/mol. The van der Waals surface area contributed by atoms with Crippen LogP contribution >= 0.6 is 0 Å². The van der Waals surface area contributed by atoms with E-state index in [1.54, 1.807) is 6.08 Å². The minimum absolute atomic E-state index is 0.359. The molecular formula is C18H25N3O7. The van der Waals surface area contributed by atoms with Gasteiger partial charge in [0.15, 0.2) is 21.2 Å². The molecule has 0 radical (unpaired) electrons. The Morgan fingerprint density at radius 3 is 1.43 bits per heavy atom. The van der Waals surface area contributed by atoms with Gasteiger partial charge in [0.1, 0.15) is 6.29 Å². The van der Waals surface area contributed by atoms with E-state index in [-0.39, 0.29) is 0 Å². The summed E-state index contributed by atoms with van der Waals surface area (Å²) in [6, 6.07) is 0. The number of unbranched alkanes of at least 4 members (excludes halogenated alkanes) is 3. The zero-order valence-corrected chi connectivity index (χ0v) is 15.6. The lowest BCUT2D eigenvalue weighted by atomic mass is 10.2. The standard InChI is InChI=1S/C18H25N3O7/c22-17-15-13-11-9-7-5-3-1-2-4-6-8-10-12-14-16-18(19(23)24,20(25)26)21(27)28/h1-2,5-8,12,14,17H,3-4,9-11,13,15-16H2. The molecule has 0 spiro atoms. The fourth-order valence-electron chi connectivity index (χ4n) is 2.09. The number of hydrogen-bond donors (Lipinski definition) is 0. The minimum Gasteiger partial charge on any atom is -0.303 e. The molecule has 0 saturated heterocycles. The van der Waals surface area contributed by atoms with Gasteiger partial charge in [0, 0.05) is 6.42 Å². The maximum Gasteiger partial charge on any atom is 0.703 e. The van der Waals surface area contributed by atoms with Crippen LogP contribution < -0.4 is 0 Å². The molecule has 0 saturated carbocycles. The lowest BCUT2D eigenvalue weighted by Crippen LogP contribution is -2.52. The average Bonchev–Trinajstić information content (AvgIpc) is 2.63. The van der Waals surface area contributed by atoms with Crippen LogP contribution in [0.15, 0.2) is 48.6 Å². The highest BCUT2D eigenvalue weighted by atomic mass is 16.7. The Labute approximate surface area is 162 Å². The molecular weight excluding hydrogens is 370 g/mol. The summed E-state index contributed by atoms with van der Waals surface area (Å²) < 4.78 is 0. The number of allylic oxidation sites excluding steroid dienone is 7. The van der Waals surface area contributed by atoms with Crippen LogP contribution in [0.3, 0.4) is 0 Å². The summed E-state index contributed by atoms with van der Waals surface area (Å²) in [5.74, 6) is -3.44. The highest BCUT2D eigenvalue weighted by molar-refractivity contribution is 5.48. The van der Waals surface area contributed by atoms with Crippen molar-refractivity contribution in [3.8, 4) is 0 Å². The quantitative estimate of drug-likeness (QED) is 0.0957. The Morgan fingerprint density at radius 2 is 1.00 bits per heavy atom. The molecule has 0 atom stereocenters. The van der Waals surface area contributed by atoms with E-state index in [2.05, 4.69) is 12.2 Å². The number of nitrogens with zero attached hydrogens (tertiary/aromatic N) is 3. The van der Waals surface area contributed by atoms with Crippen LogP contribution in [0.5, 0.6) is 0 Å². The zero-order chi connectivity index (χ0) is 21.3. The van der Waals surface area contributed by atoms with Crippen molar-refractivity contribution < 1.29 is 19.6 Å². The summed E-state index contributed by atoms with van der Waals surface area (Å²) in [7, 11) is 0. The lowest BCUT2D eigenvalue weighted by Gasteiger charge is -2.06. The molecule has 10 nitrogen and oxygen atoms in total. The smallest absolute Gasteiger partial charge is 0.303 e. The van der Waals surface area contributed by atoms with Crippen LogP contribution in [-0.2, 0) is 4.79 Å².